The highest BCUT2D eigenvalue weighted by Crippen LogP contribution is 2.27. The van der Waals surface area contributed by atoms with E-state index in [1.807, 2.05) is 19.1 Å². The molecule has 0 radical (unpaired) electrons. The summed E-state index contributed by atoms with van der Waals surface area (Å²) in [5.74, 6) is 0. The van der Waals surface area contributed by atoms with Gasteiger partial charge in [0.05, 0.1) is 22.1 Å². The van der Waals surface area contributed by atoms with E-state index in [-0.39, 0.29) is 0 Å². The van der Waals surface area contributed by atoms with Crippen molar-refractivity contribution in [2.75, 3.05) is 0 Å². The minimum Gasteiger partial charge on any atom is -0.255 e. The molecule has 0 saturated carbocycles. The van der Waals surface area contributed by atoms with E-state index in [0.29, 0.717) is 0 Å². The van der Waals surface area contributed by atoms with E-state index in [2.05, 4.69) is 41.2 Å². The van der Waals surface area contributed by atoms with Crippen LogP contribution >= 0.6 is 0 Å². The molecule has 0 aliphatic carbocycles. The number of fused-ring (bicyclic) bond motifs is 4. The van der Waals surface area contributed by atoms with E-state index < -0.39 is 0 Å². The lowest BCUT2D eigenvalue weighted by Crippen LogP contribution is -1.92. The number of hydrogen-bond donors (Lipinski definition) is 0. The molecule has 4 rings (SSSR count). The van der Waals surface area contributed by atoms with Crippen molar-refractivity contribution in [1.29, 1.82) is 0 Å². The van der Waals surface area contributed by atoms with Crippen LogP contribution in [0.3, 0.4) is 0 Å². The monoisotopic (exact) mass is 259 g/mol. The van der Waals surface area contributed by atoms with E-state index in [9.17, 15) is 0 Å². The summed E-state index contributed by atoms with van der Waals surface area (Å²) in [6.07, 6.45) is 1.80. The Morgan fingerprint density at radius 3 is 2.60 bits per heavy atom. The first-order valence-electron chi connectivity index (χ1n) is 6.65. The van der Waals surface area contributed by atoms with Crippen LogP contribution < -0.4 is 0 Å². The number of rotatable bonds is 0. The summed E-state index contributed by atoms with van der Waals surface area (Å²) in [5.41, 5.74) is 6.06. The van der Waals surface area contributed by atoms with Gasteiger partial charge in [0.2, 0.25) is 0 Å². The molecule has 0 saturated heterocycles. The fourth-order valence-corrected chi connectivity index (χ4v) is 2.66. The third kappa shape index (κ3) is 1.56. The third-order valence-electron chi connectivity index (χ3n) is 3.67. The minimum atomic E-state index is 0.914. The standard InChI is InChI=1S/C17H13N3/c1-10-5-6-14-13(8-10)17-12(11(2)19-14)9-16-15(20-17)4-3-7-18-16/h3-9H,1-2H3. The number of aromatic nitrogens is 3. The average molecular weight is 259 g/mol. The SMILES string of the molecule is Cc1ccc2nc(C)c3cc4ncccc4nc3c2c1. The number of aryl methyl sites for hydroxylation is 2. The van der Waals surface area contributed by atoms with Gasteiger partial charge in [-0.1, -0.05) is 11.6 Å². The van der Waals surface area contributed by atoms with Crippen LogP contribution in [-0.4, -0.2) is 15.0 Å². The van der Waals surface area contributed by atoms with Crippen molar-refractivity contribution < 1.29 is 0 Å². The molecule has 0 atom stereocenters. The zero-order valence-corrected chi connectivity index (χ0v) is 11.4. The summed E-state index contributed by atoms with van der Waals surface area (Å²) in [6, 6.07) is 12.3. The lowest BCUT2D eigenvalue weighted by Gasteiger charge is -2.08. The van der Waals surface area contributed by atoms with Crippen LogP contribution in [-0.2, 0) is 0 Å². The Morgan fingerprint density at radius 1 is 0.800 bits per heavy atom. The second-order valence-corrected chi connectivity index (χ2v) is 5.14. The Balaban J connectivity index is 2.29. The first-order valence-corrected chi connectivity index (χ1v) is 6.65. The van der Waals surface area contributed by atoms with Crippen molar-refractivity contribution in [1.82, 2.24) is 15.0 Å². The molecule has 0 N–H and O–H groups in total. The largest absolute Gasteiger partial charge is 0.255 e. The first kappa shape index (κ1) is 11.3. The van der Waals surface area contributed by atoms with E-state index in [1.165, 1.54) is 5.56 Å². The Hall–Kier alpha value is -2.55. The van der Waals surface area contributed by atoms with E-state index in [4.69, 9.17) is 4.98 Å². The maximum absolute atomic E-state index is 4.81. The zero-order valence-electron chi connectivity index (χ0n) is 11.4. The summed E-state index contributed by atoms with van der Waals surface area (Å²) in [4.78, 5) is 13.9. The topological polar surface area (TPSA) is 38.7 Å². The number of pyridine rings is 3. The molecule has 0 fully saturated rings. The Morgan fingerprint density at radius 2 is 1.70 bits per heavy atom. The van der Waals surface area contributed by atoms with E-state index in [0.717, 1.165) is 38.5 Å². The molecule has 1 aromatic carbocycles. The molecule has 0 aliphatic rings. The number of nitrogens with zero attached hydrogens (tertiary/aromatic N) is 3. The Labute approximate surface area is 116 Å². The second-order valence-electron chi connectivity index (χ2n) is 5.14. The summed E-state index contributed by atoms with van der Waals surface area (Å²) >= 11 is 0. The van der Waals surface area contributed by atoms with Crippen molar-refractivity contribution in [3.05, 3.63) is 53.9 Å². The van der Waals surface area contributed by atoms with Gasteiger partial charge in [-0.2, -0.15) is 0 Å². The molecular weight excluding hydrogens is 246 g/mol. The van der Waals surface area contributed by atoms with Gasteiger partial charge >= 0.3 is 0 Å². The minimum absolute atomic E-state index is 0.914. The Bertz CT molecular complexity index is 974. The van der Waals surface area contributed by atoms with Gasteiger partial charge in [0.1, 0.15) is 0 Å². The van der Waals surface area contributed by atoms with Crippen LogP contribution in [0.2, 0.25) is 0 Å². The van der Waals surface area contributed by atoms with Crippen molar-refractivity contribution in [2.45, 2.75) is 13.8 Å². The zero-order chi connectivity index (χ0) is 13.7. The van der Waals surface area contributed by atoms with Crippen molar-refractivity contribution in [3.8, 4) is 0 Å². The third-order valence-corrected chi connectivity index (χ3v) is 3.67. The average Bonchev–Trinajstić information content (AvgIpc) is 2.47. The van der Waals surface area contributed by atoms with Crippen LogP contribution in [0.5, 0.6) is 0 Å². The van der Waals surface area contributed by atoms with Crippen LogP contribution in [0.1, 0.15) is 11.3 Å². The molecule has 0 unspecified atom stereocenters. The second kappa shape index (κ2) is 3.97. The smallest absolute Gasteiger partial charge is 0.0894 e. The van der Waals surface area contributed by atoms with E-state index in [1.54, 1.807) is 6.20 Å². The lowest BCUT2D eigenvalue weighted by atomic mass is 10.1. The van der Waals surface area contributed by atoms with Gasteiger partial charge in [0, 0.05) is 22.7 Å². The predicted octanol–water partition coefficient (Wildman–Crippen LogP) is 3.95. The molecule has 20 heavy (non-hydrogen) atoms. The van der Waals surface area contributed by atoms with E-state index >= 15 is 0 Å². The van der Waals surface area contributed by atoms with Gasteiger partial charge in [-0.3, -0.25) is 9.97 Å². The van der Waals surface area contributed by atoms with Crippen LogP contribution in [0.25, 0.3) is 32.8 Å². The molecule has 0 bridgehead atoms. The molecule has 0 amide bonds. The molecule has 96 valence electrons. The molecule has 3 nitrogen and oxygen atoms in total. The van der Waals surface area contributed by atoms with Crippen LogP contribution in [0, 0.1) is 13.8 Å². The van der Waals surface area contributed by atoms with Gasteiger partial charge in [0.25, 0.3) is 0 Å². The summed E-state index contributed by atoms with van der Waals surface area (Å²) in [6.45, 7) is 4.12. The lowest BCUT2D eigenvalue weighted by molar-refractivity contribution is 1.27. The molecule has 0 aliphatic heterocycles. The fraction of sp³-hybridized carbons (Fsp3) is 0.118. The maximum atomic E-state index is 4.81. The number of hydrogen-bond acceptors (Lipinski definition) is 3. The van der Waals surface area contributed by atoms with Gasteiger partial charge in [0.15, 0.2) is 0 Å². The summed E-state index contributed by atoms with van der Waals surface area (Å²) in [5, 5.41) is 2.19. The summed E-state index contributed by atoms with van der Waals surface area (Å²) < 4.78 is 0. The molecule has 3 aromatic heterocycles. The van der Waals surface area contributed by atoms with Crippen LogP contribution in [0.4, 0.5) is 0 Å². The van der Waals surface area contributed by atoms with Gasteiger partial charge < -0.3 is 0 Å². The normalized spacial score (nSPS) is 11.5. The molecule has 0 spiro atoms. The molecule has 4 aromatic rings. The predicted molar refractivity (Wildman–Crippen MR) is 81.8 cm³/mol. The van der Waals surface area contributed by atoms with Crippen molar-refractivity contribution >= 4 is 32.8 Å². The first-order chi connectivity index (χ1) is 9.72. The summed E-state index contributed by atoms with van der Waals surface area (Å²) in [7, 11) is 0. The van der Waals surface area contributed by atoms with Gasteiger partial charge in [-0.15, -0.1) is 0 Å². The quantitative estimate of drug-likeness (QED) is 0.354. The fourth-order valence-electron chi connectivity index (χ4n) is 2.66. The molecule has 3 heteroatoms. The maximum Gasteiger partial charge on any atom is 0.0894 e. The number of benzene rings is 1. The molecular formula is C17H13N3. The highest BCUT2D eigenvalue weighted by atomic mass is 14.8. The molecule has 3 heterocycles. The highest BCUT2D eigenvalue weighted by molar-refractivity contribution is 6.07. The van der Waals surface area contributed by atoms with Crippen molar-refractivity contribution in [2.24, 2.45) is 0 Å². The van der Waals surface area contributed by atoms with Gasteiger partial charge in [-0.25, -0.2) is 4.98 Å². The highest BCUT2D eigenvalue weighted by Gasteiger charge is 2.09. The van der Waals surface area contributed by atoms with Gasteiger partial charge in [-0.05, 0) is 44.2 Å². The van der Waals surface area contributed by atoms with Crippen LogP contribution in [0.15, 0.2) is 42.6 Å². The van der Waals surface area contributed by atoms with Crippen molar-refractivity contribution in [3.63, 3.8) is 0 Å². The Kier molecular flexibility index (Phi) is 2.24.